The van der Waals surface area contributed by atoms with Gasteiger partial charge in [0.15, 0.2) is 0 Å². The summed E-state index contributed by atoms with van der Waals surface area (Å²) >= 11 is 8.97. The average molecular weight is 364 g/mol. The van der Waals surface area contributed by atoms with Crippen molar-refractivity contribution in [2.75, 3.05) is 18.5 Å². The van der Waals surface area contributed by atoms with Crippen molar-refractivity contribution in [3.63, 3.8) is 0 Å². The van der Waals surface area contributed by atoms with E-state index in [1.54, 1.807) is 0 Å². The number of hydrogen-bond donors (Lipinski definition) is 2. The van der Waals surface area contributed by atoms with E-state index in [9.17, 15) is 14.0 Å². The molecule has 2 amide bonds. The second kappa shape index (κ2) is 5.90. The van der Waals surface area contributed by atoms with Crippen LogP contribution in [-0.4, -0.2) is 35.0 Å². The Morgan fingerprint density at radius 1 is 1.40 bits per heavy atom. The minimum atomic E-state index is -0.661. The molecule has 2 rings (SSSR count). The summed E-state index contributed by atoms with van der Waals surface area (Å²) in [5.74, 6) is -1.87. The number of β-amino-alcohol motifs (C(OH)–C–C–N with tert-alkyl or cyclic N) is 1. The summed E-state index contributed by atoms with van der Waals surface area (Å²) in [5, 5.41) is 11.4. The van der Waals surface area contributed by atoms with Gasteiger partial charge in [0, 0.05) is 10.5 Å². The molecule has 0 spiro atoms. The maximum atomic E-state index is 13.8. The van der Waals surface area contributed by atoms with Crippen molar-refractivity contribution in [3.8, 4) is 0 Å². The summed E-state index contributed by atoms with van der Waals surface area (Å²) in [6, 6.07) is 2.64. The van der Waals surface area contributed by atoms with E-state index in [1.807, 2.05) is 0 Å². The van der Waals surface area contributed by atoms with Gasteiger partial charge in [-0.3, -0.25) is 14.5 Å². The fourth-order valence-corrected chi connectivity index (χ4v) is 2.52. The number of carbonyl (C=O) groups excluding carboxylic acids is 2. The summed E-state index contributed by atoms with van der Waals surface area (Å²) in [5.41, 5.74) is -0.181. The van der Waals surface area contributed by atoms with Crippen LogP contribution in [0.2, 0.25) is 5.02 Å². The first kappa shape index (κ1) is 15.0. The van der Waals surface area contributed by atoms with Crippen molar-refractivity contribution in [3.05, 3.63) is 39.2 Å². The fraction of sp³-hybridized carbons (Fsp3) is 0.167. The number of aliphatic hydroxyl groups excluding tert-OH is 1. The van der Waals surface area contributed by atoms with Gasteiger partial charge in [0.2, 0.25) is 0 Å². The Morgan fingerprint density at radius 2 is 2.10 bits per heavy atom. The molecular formula is C12H9BrClFN2O3. The number of nitrogens with zero attached hydrogens (tertiary/aromatic N) is 1. The maximum Gasteiger partial charge on any atom is 0.277 e. The second-order valence-electron chi connectivity index (χ2n) is 3.95. The Morgan fingerprint density at radius 3 is 2.70 bits per heavy atom. The molecule has 0 saturated carbocycles. The number of nitrogens with one attached hydrogen (secondary N) is 1. The molecule has 0 saturated heterocycles. The largest absolute Gasteiger partial charge is 0.395 e. The van der Waals surface area contributed by atoms with Gasteiger partial charge in [-0.05, 0) is 12.1 Å². The van der Waals surface area contributed by atoms with Gasteiger partial charge in [0.25, 0.3) is 11.8 Å². The lowest BCUT2D eigenvalue weighted by Gasteiger charge is -2.14. The molecule has 0 fully saturated rings. The number of anilines is 1. The van der Waals surface area contributed by atoms with Crippen molar-refractivity contribution in [2.24, 2.45) is 0 Å². The molecule has 2 N–H and O–H groups in total. The Kier molecular flexibility index (Phi) is 4.42. The van der Waals surface area contributed by atoms with Crippen molar-refractivity contribution in [1.29, 1.82) is 0 Å². The average Bonchev–Trinajstić information content (AvgIpc) is 2.62. The minimum Gasteiger partial charge on any atom is -0.395 e. The molecule has 1 heterocycles. The zero-order chi connectivity index (χ0) is 14.9. The monoisotopic (exact) mass is 362 g/mol. The van der Waals surface area contributed by atoms with Gasteiger partial charge in [-0.15, -0.1) is 0 Å². The quantitative estimate of drug-likeness (QED) is 0.802. The molecule has 0 unspecified atom stereocenters. The van der Waals surface area contributed by atoms with E-state index in [2.05, 4.69) is 21.2 Å². The van der Waals surface area contributed by atoms with Crippen LogP contribution in [0.1, 0.15) is 0 Å². The van der Waals surface area contributed by atoms with Crippen molar-refractivity contribution in [1.82, 2.24) is 4.90 Å². The fourth-order valence-electron chi connectivity index (χ4n) is 1.71. The highest BCUT2D eigenvalue weighted by molar-refractivity contribution is 9.10. The molecule has 1 aromatic carbocycles. The van der Waals surface area contributed by atoms with Gasteiger partial charge in [-0.25, -0.2) is 4.39 Å². The lowest BCUT2D eigenvalue weighted by molar-refractivity contribution is -0.137. The van der Waals surface area contributed by atoms with Crippen LogP contribution in [0.4, 0.5) is 10.1 Å². The lowest BCUT2D eigenvalue weighted by atomic mass is 10.3. The number of hydrogen-bond acceptors (Lipinski definition) is 4. The minimum absolute atomic E-state index is 0.0682. The molecule has 1 aromatic rings. The van der Waals surface area contributed by atoms with E-state index >= 15 is 0 Å². The summed E-state index contributed by atoms with van der Waals surface area (Å²) in [6.45, 7) is -0.456. The van der Waals surface area contributed by atoms with Crippen LogP contribution in [0.25, 0.3) is 0 Å². The Bertz CT molecular complexity index is 598. The van der Waals surface area contributed by atoms with E-state index in [1.165, 1.54) is 12.1 Å². The molecular weight excluding hydrogens is 354 g/mol. The van der Waals surface area contributed by atoms with Crippen LogP contribution in [0.3, 0.4) is 0 Å². The molecule has 0 radical (unpaired) electrons. The van der Waals surface area contributed by atoms with Gasteiger partial charge >= 0.3 is 0 Å². The number of amides is 2. The van der Waals surface area contributed by atoms with Gasteiger partial charge in [0.05, 0.1) is 23.9 Å². The topological polar surface area (TPSA) is 69.6 Å². The van der Waals surface area contributed by atoms with E-state index in [0.29, 0.717) is 4.47 Å². The van der Waals surface area contributed by atoms with E-state index < -0.39 is 17.6 Å². The number of carbonyl (C=O) groups is 2. The standard InChI is InChI=1S/C12H9BrClFN2O3/c13-6-3-7(14)11(8(15)4-6)16-9-5-10(19)17(1-2-18)12(9)20/h3-5,16,18H,1-2H2. The van der Waals surface area contributed by atoms with Crippen LogP contribution in [0.5, 0.6) is 0 Å². The van der Waals surface area contributed by atoms with Gasteiger partial charge in [-0.1, -0.05) is 27.5 Å². The predicted molar refractivity (Wildman–Crippen MR) is 74.6 cm³/mol. The van der Waals surface area contributed by atoms with Gasteiger partial charge in [0.1, 0.15) is 11.5 Å². The molecule has 0 atom stereocenters. The van der Waals surface area contributed by atoms with Crippen molar-refractivity contribution in [2.45, 2.75) is 0 Å². The lowest BCUT2D eigenvalue weighted by Crippen LogP contribution is -2.34. The van der Waals surface area contributed by atoms with Crippen molar-refractivity contribution >= 4 is 45.0 Å². The number of rotatable bonds is 4. The highest BCUT2D eigenvalue weighted by Crippen LogP contribution is 2.31. The number of imide groups is 1. The van der Waals surface area contributed by atoms with Gasteiger partial charge < -0.3 is 10.4 Å². The van der Waals surface area contributed by atoms with Crippen LogP contribution in [-0.2, 0) is 9.59 Å². The Hall–Kier alpha value is -1.44. The molecule has 0 aromatic heterocycles. The summed E-state index contributed by atoms with van der Waals surface area (Å²) in [6.07, 6.45) is 1.04. The SMILES string of the molecule is O=C1C=C(Nc2c(F)cc(Br)cc2Cl)C(=O)N1CCO. The second-order valence-corrected chi connectivity index (χ2v) is 5.27. The van der Waals surface area contributed by atoms with E-state index in [0.717, 1.165) is 11.0 Å². The van der Waals surface area contributed by atoms with Crippen LogP contribution in [0.15, 0.2) is 28.4 Å². The molecule has 0 aliphatic carbocycles. The number of aliphatic hydroxyl groups is 1. The van der Waals surface area contributed by atoms with Crippen LogP contribution >= 0.6 is 27.5 Å². The third-order valence-electron chi connectivity index (χ3n) is 2.60. The van der Waals surface area contributed by atoms with E-state index in [4.69, 9.17) is 16.7 Å². The van der Waals surface area contributed by atoms with Crippen LogP contribution in [0, 0.1) is 5.82 Å². The maximum absolute atomic E-state index is 13.8. The number of halogens is 3. The van der Waals surface area contributed by atoms with Gasteiger partial charge in [-0.2, -0.15) is 0 Å². The zero-order valence-corrected chi connectivity index (χ0v) is 12.3. The molecule has 20 heavy (non-hydrogen) atoms. The first-order valence-electron chi connectivity index (χ1n) is 5.54. The molecule has 5 nitrogen and oxygen atoms in total. The predicted octanol–water partition coefficient (Wildman–Crippen LogP) is 1.90. The van der Waals surface area contributed by atoms with Crippen molar-refractivity contribution < 1.29 is 19.1 Å². The summed E-state index contributed by atoms with van der Waals surface area (Å²) in [7, 11) is 0. The Balaban J connectivity index is 2.26. The normalized spacial score (nSPS) is 14.8. The summed E-state index contributed by atoms with van der Waals surface area (Å²) < 4.78 is 14.2. The third-order valence-corrected chi connectivity index (χ3v) is 3.36. The molecule has 0 bridgehead atoms. The Labute approximate surface area is 127 Å². The summed E-state index contributed by atoms with van der Waals surface area (Å²) in [4.78, 5) is 24.3. The highest BCUT2D eigenvalue weighted by Gasteiger charge is 2.31. The highest BCUT2D eigenvalue weighted by atomic mass is 79.9. The molecule has 106 valence electrons. The number of benzene rings is 1. The van der Waals surface area contributed by atoms with Crippen LogP contribution < -0.4 is 5.32 Å². The third kappa shape index (κ3) is 2.84. The van der Waals surface area contributed by atoms with E-state index in [-0.39, 0.29) is 29.6 Å². The molecule has 1 aliphatic rings. The smallest absolute Gasteiger partial charge is 0.277 e. The first-order chi connectivity index (χ1) is 9.43. The zero-order valence-electron chi connectivity index (χ0n) is 9.99. The molecule has 8 heteroatoms. The molecule has 1 aliphatic heterocycles. The first-order valence-corrected chi connectivity index (χ1v) is 6.71.